The highest BCUT2D eigenvalue weighted by Gasteiger charge is 2.25. The Hall–Kier alpha value is -2.38. The van der Waals surface area contributed by atoms with Crippen molar-refractivity contribution in [3.8, 4) is 22.1 Å². The first-order chi connectivity index (χ1) is 12.2. The summed E-state index contributed by atoms with van der Waals surface area (Å²) in [6.45, 7) is 0.865. The number of thiophene rings is 1. The summed E-state index contributed by atoms with van der Waals surface area (Å²) in [5.74, 6) is 1.35. The number of thiazole rings is 1. The molecule has 0 unspecified atom stereocenters. The molecular formula is C18H16N2O3S2. The Morgan fingerprint density at radius 2 is 2.12 bits per heavy atom. The molecule has 1 aliphatic heterocycles. The number of aromatic nitrogens is 1. The highest BCUT2D eigenvalue weighted by Crippen LogP contribution is 2.31. The fourth-order valence-electron chi connectivity index (χ4n) is 2.63. The van der Waals surface area contributed by atoms with Crippen LogP contribution in [0.1, 0.15) is 10.5 Å². The van der Waals surface area contributed by atoms with Crippen molar-refractivity contribution >= 4 is 28.6 Å². The number of carbonyl (C=O) groups excluding carboxylic acids is 1. The summed E-state index contributed by atoms with van der Waals surface area (Å²) < 4.78 is 11.6. The molecule has 25 heavy (non-hydrogen) atoms. The van der Waals surface area contributed by atoms with Crippen molar-refractivity contribution < 1.29 is 14.3 Å². The summed E-state index contributed by atoms with van der Waals surface area (Å²) in [4.78, 5) is 18.7. The second-order valence-electron chi connectivity index (χ2n) is 5.73. The van der Waals surface area contributed by atoms with E-state index in [4.69, 9.17) is 9.47 Å². The molecule has 3 aromatic rings. The first kappa shape index (κ1) is 16.1. The number of hydrogen-bond donors (Lipinski definition) is 0. The molecule has 1 amide bonds. The number of nitrogens with zero attached hydrogens (tertiary/aromatic N) is 2. The lowest BCUT2D eigenvalue weighted by molar-refractivity contribution is 0.0518. The fraction of sp³-hybridized carbons (Fsp3) is 0.222. The molecule has 1 aromatic carbocycles. The number of ether oxygens (including phenoxy) is 2. The van der Waals surface area contributed by atoms with Gasteiger partial charge >= 0.3 is 0 Å². The van der Waals surface area contributed by atoms with Crippen LogP contribution in [0.4, 0.5) is 0 Å². The van der Waals surface area contributed by atoms with E-state index in [1.54, 1.807) is 28.7 Å². The smallest absolute Gasteiger partial charge is 0.273 e. The first-order valence-electron chi connectivity index (χ1n) is 7.83. The summed E-state index contributed by atoms with van der Waals surface area (Å²) >= 11 is 3.10. The normalized spacial score (nSPS) is 15.8. The van der Waals surface area contributed by atoms with E-state index in [2.05, 4.69) is 4.98 Å². The quantitative estimate of drug-likeness (QED) is 0.699. The number of benzene rings is 1. The minimum absolute atomic E-state index is 0.111. The predicted molar refractivity (Wildman–Crippen MR) is 98.7 cm³/mol. The van der Waals surface area contributed by atoms with Crippen LogP contribution in [-0.4, -0.2) is 42.1 Å². The molecule has 5 nitrogen and oxygen atoms in total. The summed E-state index contributed by atoms with van der Waals surface area (Å²) in [6.07, 6.45) is -0.196. The molecule has 0 N–H and O–H groups in total. The number of amides is 1. The average Bonchev–Trinajstić information content (AvgIpc) is 3.32. The van der Waals surface area contributed by atoms with E-state index in [9.17, 15) is 4.79 Å². The van der Waals surface area contributed by atoms with Gasteiger partial charge in [-0.2, -0.15) is 11.3 Å². The van der Waals surface area contributed by atoms with Crippen molar-refractivity contribution in [2.75, 3.05) is 20.2 Å². The molecule has 1 aliphatic rings. The lowest BCUT2D eigenvalue weighted by Crippen LogP contribution is -2.41. The van der Waals surface area contributed by atoms with Gasteiger partial charge in [0.1, 0.15) is 17.3 Å². The van der Waals surface area contributed by atoms with Crippen LogP contribution in [0.25, 0.3) is 10.6 Å². The SMILES string of the molecule is CN(C[C@@H]1COc2ccccc2O1)C(=O)c1csc(-c2ccsc2)n1. The highest BCUT2D eigenvalue weighted by atomic mass is 32.1. The monoisotopic (exact) mass is 372 g/mol. The maximum Gasteiger partial charge on any atom is 0.273 e. The maximum atomic E-state index is 12.6. The lowest BCUT2D eigenvalue weighted by atomic mass is 10.2. The summed E-state index contributed by atoms with van der Waals surface area (Å²) in [5.41, 5.74) is 1.52. The molecule has 0 aliphatic carbocycles. The maximum absolute atomic E-state index is 12.6. The van der Waals surface area contributed by atoms with Crippen LogP contribution in [0.2, 0.25) is 0 Å². The van der Waals surface area contributed by atoms with Crippen LogP contribution < -0.4 is 9.47 Å². The van der Waals surface area contributed by atoms with Gasteiger partial charge in [-0.3, -0.25) is 4.79 Å². The topological polar surface area (TPSA) is 51.7 Å². The standard InChI is InChI=1S/C18H16N2O3S2/c1-20(8-13-9-22-15-4-2-3-5-16(15)23-13)18(21)14-11-25-17(19-14)12-6-7-24-10-12/h2-7,10-11,13H,8-9H2,1H3/t13-/m1/s1. The van der Waals surface area contributed by atoms with Crippen LogP contribution in [-0.2, 0) is 0 Å². The Morgan fingerprint density at radius 3 is 2.92 bits per heavy atom. The molecule has 1 atom stereocenters. The minimum Gasteiger partial charge on any atom is -0.486 e. The van der Waals surface area contributed by atoms with Crippen LogP contribution in [0.3, 0.4) is 0 Å². The molecule has 7 heteroatoms. The number of para-hydroxylation sites is 2. The molecule has 0 fully saturated rings. The van der Waals surface area contributed by atoms with Gasteiger partial charge in [-0.25, -0.2) is 4.98 Å². The average molecular weight is 372 g/mol. The molecule has 3 heterocycles. The van der Waals surface area contributed by atoms with Gasteiger partial charge in [0.05, 0.1) is 6.54 Å². The number of rotatable bonds is 4. The third-order valence-electron chi connectivity index (χ3n) is 3.88. The van der Waals surface area contributed by atoms with E-state index in [1.165, 1.54) is 11.3 Å². The number of carbonyl (C=O) groups is 1. The first-order valence-corrected chi connectivity index (χ1v) is 9.65. The number of fused-ring (bicyclic) bond motifs is 1. The number of likely N-dealkylation sites (N-methyl/N-ethyl adjacent to an activating group) is 1. The van der Waals surface area contributed by atoms with Crippen molar-refractivity contribution in [2.24, 2.45) is 0 Å². The third-order valence-corrected chi connectivity index (χ3v) is 5.46. The van der Waals surface area contributed by atoms with Crippen molar-refractivity contribution in [2.45, 2.75) is 6.10 Å². The Morgan fingerprint density at radius 1 is 1.28 bits per heavy atom. The molecular weight excluding hydrogens is 356 g/mol. The summed E-state index contributed by atoms with van der Waals surface area (Å²) in [7, 11) is 1.76. The summed E-state index contributed by atoms with van der Waals surface area (Å²) in [5, 5.41) is 6.70. The van der Waals surface area contributed by atoms with Gasteiger partial charge in [0.25, 0.3) is 5.91 Å². The van der Waals surface area contributed by atoms with Gasteiger partial charge in [0, 0.05) is 23.4 Å². The number of hydrogen-bond acceptors (Lipinski definition) is 6. The Bertz CT molecular complexity index is 876. The van der Waals surface area contributed by atoms with E-state index in [-0.39, 0.29) is 12.0 Å². The molecule has 4 rings (SSSR count). The molecule has 0 saturated carbocycles. The zero-order valence-corrected chi connectivity index (χ0v) is 15.2. The second kappa shape index (κ2) is 6.85. The van der Waals surface area contributed by atoms with Crippen LogP contribution >= 0.6 is 22.7 Å². The van der Waals surface area contributed by atoms with E-state index in [0.29, 0.717) is 24.6 Å². The van der Waals surface area contributed by atoms with Crippen molar-refractivity contribution in [3.05, 3.63) is 52.2 Å². The molecule has 0 spiro atoms. The fourth-order valence-corrected chi connectivity index (χ4v) is 4.13. The predicted octanol–water partition coefficient (Wildman–Crippen LogP) is 3.78. The zero-order chi connectivity index (χ0) is 17.2. The molecule has 128 valence electrons. The van der Waals surface area contributed by atoms with Gasteiger partial charge in [0.15, 0.2) is 17.6 Å². The van der Waals surface area contributed by atoms with E-state index in [1.807, 2.05) is 41.1 Å². The highest BCUT2D eigenvalue weighted by molar-refractivity contribution is 7.14. The Labute approximate surface area is 153 Å². The molecule has 0 radical (unpaired) electrons. The van der Waals surface area contributed by atoms with E-state index < -0.39 is 0 Å². The largest absolute Gasteiger partial charge is 0.486 e. The van der Waals surface area contributed by atoms with E-state index >= 15 is 0 Å². The molecule has 0 saturated heterocycles. The van der Waals surface area contributed by atoms with Gasteiger partial charge in [-0.1, -0.05) is 12.1 Å². The minimum atomic E-state index is -0.196. The van der Waals surface area contributed by atoms with Crippen molar-refractivity contribution in [1.82, 2.24) is 9.88 Å². The van der Waals surface area contributed by atoms with Crippen LogP contribution in [0.15, 0.2) is 46.5 Å². The Kier molecular flexibility index (Phi) is 4.42. The molecule has 2 aromatic heterocycles. The summed E-state index contributed by atoms with van der Waals surface area (Å²) in [6, 6.07) is 9.57. The van der Waals surface area contributed by atoms with Crippen molar-refractivity contribution in [3.63, 3.8) is 0 Å². The van der Waals surface area contributed by atoms with Crippen LogP contribution in [0, 0.1) is 0 Å². The Balaban J connectivity index is 1.41. The van der Waals surface area contributed by atoms with Gasteiger partial charge < -0.3 is 14.4 Å². The van der Waals surface area contributed by atoms with Gasteiger partial charge in [-0.15, -0.1) is 11.3 Å². The lowest BCUT2D eigenvalue weighted by Gasteiger charge is -2.29. The van der Waals surface area contributed by atoms with Crippen molar-refractivity contribution in [1.29, 1.82) is 0 Å². The van der Waals surface area contributed by atoms with Gasteiger partial charge in [-0.05, 0) is 23.6 Å². The van der Waals surface area contributed by atoms with Crippen LogP contribution in [0.5, 0.6) is 11.5 Å². The molecule has 0 bridgehead atoms. The van der Waals surface area contributed by atoms with Gasteiger partial charge in [0.2, 0.25) is 0 Å². The third kappa shape index (κ3) is 3.38. The zero-order valence-electron chi connectivity index (χ0n) is 13.5. The van der Waals surface area contributed by atoms with E-state index in [0.717, 1.165) is 16.3 Å². The second-order valence-corrected chi connectivity index (χ2v) is 7.37.